The Morgan fingerprint density at radius 2 is 2.32 bits per heavy atom. The molecule has 0 radical (unpaired) electrons. The highest BCUT2D eigenvalue weighted by Gasteiger charge is 2.38. The second-order valence-electron chi connectivity index (χ2n) is 6.67. The number of ether oxygens (including phenoxy) is 1. The molecule has 3 aliphatic rings. The maximum absolute atomic E-state index is 11.6. The molecule has 3 heterocycles. The van der Waals surface area contributed by atoms with Gasteiger partial charge in [0.15, 0.2) is 0 Å². The average Bonchev–Trinajstić information content (AvgIpc) is 3.18. The molecular weight excluding hydrogens is 280 g/mol. The zero-order valence-corrected chi connectivity index (χ0v) is 12.8. The summed E-state index contributed by atoms with van der Waals surface area (Å²) in [6.45, 7) is 6.18. The quantitative estimate of drug-likeness (QED) is 0.816. The van der Waals surface area contributed by atoms with Gasteiger partial charge in [-0.25, -0.2) is 4.79 Å². The molecule has 2 fully saturated rings. The van der Waals surface area contributed by atoms with Crippen molar-refractivity contribution in [3.8, 4) is 0 Å². The number of aliphatic hydroxyl groups excluding tert-OH is 1. The van der Waals surface area contributed by atoms with Crippen LogP contribution in [0, 0.1) is 12.8 Å². The van der Waals surface area contributed by atoms with E-state index < -0.39 is 6.10 Å². The normalized spacial score (nSPS) is 28.5. The minimum Gasteiger partial charge on any atom is -0.457 e. The SMILES string of the molecule is Cc1c([C@@H](O)CN2CC[C@@H]3CNC[C@@H]32)ccc2c1COC2=O. The van der Waals surface area contributed by atoms with Gasteiger partial charge in [-0.2, -0.15) is 0 Å². The van der Waals surface area contributed by atoms with Crippen LogP contribution in [-0.4, -0.2) is 48.2 Å². The number of likely N-dealkylation sites (tertiary alicyclic amines) is 1. The highest BCUT2D eigenvalue weighted by molar-refractivity contribution is 5.93. The highest BCUT2D eigenvalue weighted by atomic mass is 16.5. The number of aliphatic hydroxyl groups is 1. The van der Waals surface area contributed by atoms with E-state index in [0.29, 0.717) is 24.8 Å². The Morgan fingerprint density at radius 1 is 1.45 bits per heavy atom. The Morgan fingerprint density at radius 3 is 3.18 bits per heavy atom. The van der Waals surface area contributed by atoms with E-state index in [2.05, 4.69) is 10.2 Å². The van der Waals surface area contributed by atoms with Crippen molar-refractivity contribution in [2.45, 2.75) is 32.1 Å². The summed E-state index contributed by atoms with van der Waals surface area (Å²) in [6.07, 6.45) is 0.705. The molecule has 1 aromatic carbocycles. The van der Waals surface area contributed by atoms with E-state index in [4.69, 9.17) is 4.74 Å². The summed E-state index contributed by atoms with van der Waals surface area (Å²) in [6, 6.07) is 4.24. The molecule has 22 heavy (non-hydrogen) atoms. The van der Waals surface area contributed by atoms with Crippen molar-refractivity contribution in [3.05, 3.63) is 34.4 Å². The molecule has 3 atom stereocenters. The van der Waals surface area contributed by atoms with Crippen molar-refractivity contribution < 1.29 is 14.6 Å². The van der Waals surface area contributed by atoms with Gasteiger partial charge in [-0.15, -0.1) is 0 Å². The van der Waals surface area contributed by atoms with Crippen LogP contribution in [-0.2, 0) is 11.3 Å². The Hall–Kier alpha value is -1.43. The molecule has 0 amide bonds. The molecule has 0 spiro atoms. The number of carbonyl (C=O) groups excluding carboxylic acids is 1. The van der Waals surface area contributed by atoms with Gasteiger partial charge in [0.2, 0.25) is 0 Å². The third-order valence-corrected chi connectivity index (χ3v) is 5.53. The van der Waals surface area contributed by atoms with Crippen molar-refractivity contribution in [1.29, 1.82) is 0 Å². The summed E-state index contributed by atoms with van der Waals surface area (Å²) in [5, 5.41) is 14.1. The van der Waals surface area contributed by atoms with E-state index in [1.165, 1.54) is 6.42 Å². The van der Waals surface area contributed by atoms with Crippen LogP contribution in [0.5, 0.6) is 0 Å². The molecule has 0 unspecified atom stereocenters. The van der Waals surface area contributed by atoms with Gasteiger partial charge in [-0.3, -0.25) is 4.90 Å². The van der Waals surface area contributed by atoms with Crippen molar-refractivity contribution in [3.63, 3.8) is 0 Å². The highest BCUT2D eigenvalue weighted by Crippen LogP contribution is 2.32. The predicted molar refractivity (Wildman–Crippen MR) is 81.6 cm³/mol. The first-order chi connectivity index (χ1) is 10.6. The maximum atomic E-state index is 11.6. The Bertz CT molecular complexity index is 616. The number of carbonyl (C=O) groups is 1. The summed E-state index contributed by atoms with van der Waals surface area (Å²) in [7, 11) is 0. The van der Waals surface area contributed by atoms with Crippen LogP contribution in [0.1, 0.15) is 39.6 Å². The fourth-order valence-electron chi connectivity index (χ4n) is 4.21. The lowest BCUT2D eigenvalue weighted by Crippen LogP contribution is -2.37. The van der Waals surface area contributed by atoms with Crippen molar-refractivity contribution in [2.24, 2.45) is 5.92 Å². The number of nitrogens with one attached hydrogen (secondary N) is 1. The standard InChI is InChI=1S/C17H22N2O3/c1-10-12(2-3-13-14(10)9-22-17(13)21)16(20)8-19-5-4-11-6-18-7-15(11)19/h2-3,11,15-16,18,20H,4-9H2,1H3/t11-,15+,16+/m1/s1. The fraction of sp³-hybridized carbons (Fsp3) is 0.588. The molecule has 0 saturated carbocycles. The average molecular weight is 302 g/mol. The molecule has 118 valence electrons. The van der Waals surface area contributed by atoms with Gasteiger partial charge in [0.25, 0.3) is 0 Å². The first-order valence-corrected chi connectivity index (χ1v) is 8.07. The molecule has 1 aromatic rings. The number of cyclic esters (lactones) is 1. The molecule has 2 saturated heterocycles. The van der Waals surface area contributed by atoms with Gasteiger partial charge in [-0.1, -0.05) is 6.07 Å². The van der Waals surface area contributed by atoms with Gasteiger partial charge in [-0.05, 0) is 49.5 Å². The summed E-state index contributed by atoms with van der Waals surface area (Å²) >= 11 is 0. The molecule has 0 bridgehead atoms. The smallest absolute Gasteiger partial charge is 0.338 e. The lowest BCUT2D eigenvalue weighted by Gasteiger charge is -2.26. The monoisotopic (exact) mass is 302 g/mol. The molecule has 4 rings (SSSR count). The molecule has 5 nitrogen and oxygen atoms in total. The van der Waals surface area contributed by atoms with Crippen LogP contribution in [0.25, 0.3) is 0 Å². The Kier molecular flexibility index (Phi) is 3.44. The van der Waals surface area contributed by atoms with E-state index in [1.54, 1.807) is 6.07 Å². The molecular formula is C17H22N2O3. The van der Waals surface area contributed by atoms with Gasteiger partial charge >= 0.3 is 5.97 Å². The number of hydrogen-bond acceptors (Lipinski definition) is 5. The molecule has 0 aliphatic carbocycles. The number of benzene rings is 1. The molecule has 0 aromatic heterocycles. The van der Waals surface area contributed by atoms with Crippen LogP contribution in [0.15, 0.2) is 12.1 Å². The van der Waals surface area contributed by atoms with E-state index >= 15 is 0 Å². The number of nitrogens with zero attached hydrogens (tertiary/aromatic N) is 1. The van der Waals surface area contributed by atoms with Crippen LogP contribution in [0.3, 0.4) is 0 Å². The summed E-state index contributed by atoms with van der Waals surface area (Å²) in [4.78, 5) is 14.0. The minimum absolute atomic E-state index is 0.251. The number of β-amino-alcohol motifs (C(OH)–C–C–N with tert-alkyl or cyclic N) is 1. The summed E-state index contributed by atoms with van der Waals surface area (Å²) in [5.74, 6) is 0.484. The zero-order chi connectivity index (χ0) is 15.3. The molecule has 2 N–H and O–H groups in total. The topological polar surface area (TPSA) is 61.8 Å². The Labute approximate surface area is 130 Å². The third-order valence-electron chi connectivity index (χ3n) is 5.53. The van der Waals surface area contributed by atoms with Crippen LogP contribution in [0.4, 0.5) is 0 Å². The maximum Gasteiger partial charge on any atom is 0.338 e. The second kappa shape index (κ2) is 5.33. The minimum atomic E-state index is -0.514. The molecule has 5 heteroatoms. The summed E-state index contributed by atoms with van der Waals surface area (Å²) in [5.41, 5.74) is 3.50. The van der Waals surface area contributed by atoms with Crippen LogP contribution >= 0.6 is 0 Å². The largest absolute Gasteiger partial charge is 0.457 e. The van der Waals surface area contributed by atoms with Crippen LogP contribution in [0.2, 0.25) is 0 Å². The number of fused-ring (bicyclic) bond motifs is 2. The summed E-state index contributed by atoms with van der Waals surface area (Å²) < 4.78 is 5.09. The van der Waals surface area contributed by atoms with E-state index in [-0.39, 0.29) is 5.97 Å². The van der Waals surface area contributed by atoms with Crippen molar-refractivity contribution >= 4 is 5.97 Å². The van der Waals surface area contributed by atoms with Gasteiger partial charge in [0.05, 0.1) is 11.7 Å². The van der Waals surface area contributed by atoms with E-state index in [9.17, 15) is 9.90 Å². The van der Waals surface area contributed by atoms with Gasteiger partial charge in [0.1, 0.15) is 6.61 Å². The van der Waals surface area contributed by atoms with Crippen molar-refractivity contribution in [2.75, 3.05) is 26.2 Å². The fourth-order valence-corrected chi connectivity index (χ4v) is 4.21. The first kappa shape index (κ1) is 14.2. The number of esters is 1. The van der Waals surface area contributed by atoms with Crippen LogP contribution < -0.4 is 5.32 Å². The molecule has 3 aliphatic heterocycles. The number of rotatable bonds is 3. The van der Waals surface area contributed by atoms with Gasteiger partial charge in [0, 0.05) is 24.7 Å². The third kappa shape index (κ3) is 2.16. The second-order valence-corrected chi connectivity index (χ2v) is 6.67. The lowest BCUT2D eigenvalue weighted by molar-refractivity contribution is 0.0535. The lowest BCUT2D eigenvalue weighted by atomic mass is 9.95. The van der Waals surface area contributed by atoms with E-state index in [1.807, 2.05) is 13.0 Å². The number of hydrogen-bond donors (Lipinski definition) is 2. The van der Waals surface area contributed by atoms with E-state index in [0.717, 1.165) is 42.2 Å². The zero-order valence-electron chi connectivity index (χ0n) is 12.8. The van der Waals surface area contributed by atoms with Gasteiger partial charge < -0.3 is 15.2 Å². The Balaban J connectivity index is 1.54. The van der Waals surface area contributed by atoms with Crippen molar-refractivity contribution in [1.82, 2.24) is 10.2 Å². The predicted octanol–water partition coefficient (Wildman–Crippen LogP) is 0.993. The first-order valence-electron chi connectivity index (χ1n) is 8.07.